The first-order valence-corrected chi connectivity index (χ1v) is 6.62. The molecule has 1 saturated carbocycles. The van der Waals surface area contributed by atoms with Gasteiger partial charge in [-0.15, -0.1) is 0 Å². The lowest BCUT2D eigenvalue weighted by atomic mass is 9.76. The Morgan fingerprint density at radius 1 is 1.05 bits per heavy atom. The van der Waals surface area contributed by atoms with Gasteiger partial charge in [-0.3, -0.25) is 0 Å². The van der Waals surface area contributed by atoms with E-state index in [0.717, 1.165) is 18.4 Å². The number of nitrogens with one attached hydrogen (secondary N) is 1. The predicted molar refractivity (Wildman–Crippen MR) is 73.9 cm³/mol. The summed E-state index contributed by atoms with van der Waals surface area (Å²) in [4.78, 5) is 0. The van der Waals surface area contributed by atoms with Crippen molar-refractivity contribution in [2.45, 2.75) is 24.8 Å². The summed E-state index contributed by atoms with van der Waals surface area (Å²) in [7, 11) is 0. The number of benzene rings is 2. The van der Waals surface area contributed by atoms with Gasteiger partial charge in [-0.25, -0.2) is 8.78 Å². The Hall–Kier alpha value is -2.10. The molecule has 1 aliphatic carbocycles. The third kappa shape index (κ3) is 2.59. The summed E-state index contributed by atoms with van der Waals surface area (Å²) < 4.78 is 26.3. The van der Waals surface area contributed by atoms with E-state index in [0.29, 0.717) is 11.6 Å². The molecule has 0 amide bonds. The molecule has 0 aliphatic heterocycles. The Morgan fingerprint density at radius 2 is 1.85 bits per heavy atom. The van der Waals surface area contributed by atoms with Gasteiger partial charge in [0.05, 0.1) is 0 Å². The van der Waals surface area contributed by atoms with E-state index in [1.807, 2.05) is 6.07 Å². The van der Waals surface area contributed by atoms with Gasteiger partial charge in [0.2, 0.25) is 0 Å². The van der Waals surface area contributed by atoms with Gasteiger partial charge in [-0.1, -0.05) is 12.1 Å². The summed E-state index contributed by atoms with van der Waals surface area (Å²) in [5, 5.41) is 12.3. The summed E-state index contributed by atoms with van der Waals surface area (Å²) >= 11 is 0. The van der Waals surface area contributed by atoms with Gasteiger partial charge in [0, 0.05) is 17.8 Å². The maximum atomic E-state index is 13.2. The second kappa shape index (κ2) is 5.12. The van der Waals surface area contributed by atoms with E-state index in [1.165, 1.54) is 18.2 Å². The second-order valence-corrected chi connectivity index (χ2v) is 5.23. The molecule has 3 rings (SSSR count). The molecule has 2 N–H and O–H groups in total. The zero-order valence-corrected chi connectivity index (χ0v) is 10.8. The fraction of sp³-hybridized carbons (Fsp3) is 0.250. The van der Waals surface area contributed by atoms with Crippen LogP contribution in [0.5, 0.6) is 5.75 Å². The average molecular weight is 275 g/mol. The molecule has 0 heterocycles. The minimum absolute atomic E-state index is 0.209. The highest BCUT2D eigenvalue weighted by molar-refractivity contribution is 5.48. The van der Waals surface area contributed by atoms with Crippen LogP contribution in [0.3, 0.4) is 0 Å². The summed E-state index contributed by atoms with van der Waals surface area (Å²) in [6.07, 6.45) is 1.79. The molecule has 0 unspecified atom stereocenters. The largest absolute Gasteiger partial charge is 0.505 e. The molecule has 20 heavy (non-hydrogen) atoms. The molecule has 0 radical (unpaired) electrons. The number of hydrogen-bond donors (Lipinski definition) is 2. The van der Waals surface area contributed by atoms with Gasteiger partial charge in [-0.2, -0.15) is 0 Å². The van der Waals surface area contributed by atoms with Gasteiger partial charge in [0.1, 0.15) is 5.82 Å². The van der Waals surface area contributed by atoms with Gasteiger partial charge < -0.3 is 10.4 Å². The van der Waals surface area contributed by atoms with Crippen LogP contribution in [0.15, 0.2) is 42.5 Å². The van der Waals surface area contributed by atoms with Crippen molar-refractivity contribution in [3.63, 3.8) is 0 Å². The van der Waals surface area contributed by atoms with Crippen molar-refractivity contribution in [2.75, 3.05) is 5.32 Å². The Kier molecular flexibility index (Phi) is 3.30. The fourth-order valence-corrected chi connectivity index (χ4v) is 2.60. The summed E-state index contributed by atoms with van der Waals surface area (Å²) in [5.74, 6) is -0.831. The topological polar surface area (TPSA) is 32.3 Å². The van der Waals surface area contributed by atoms with Crippen molar-refractivity contribution in [1.29, 1.82) is 0 Å². The van der Waals surface area contributed by atoms with Crippen LogP contribution in [-0.4, -0.2) is 11.1 Å². The van der Waals surface area contributed by atoms with E-state index in [1.54, 1.807) is 18.2 Å². The van der Waals surface area contributed by atoms with Crippen molar-refractivity contribution in [3.8, 4) is 5.75 Å². The highest BCUT2D eigenvalue weighted by Crippen LogP contribution is 2.38. The molecule has 4 heteroatoms. The maximum Gasteiger partial charge on any atom is 0.166 e. The molecular weight excluding hydrogens is 260 g/mol. The molecule has 0 aromatic heterocycles. The first-order chi connectivity index (χ1) is 9.61. The number of phenolic OH excluding ortho intramolecular Hbond substituents is 1. The number of anilines is 1. The molecule has 1 fully saturated rings. The van der Waals surface area contributed by atoms with Crippen LogP contribution >= 0.6 is 0 Å². The van der Waals surface area contributed by atoms with Crippen LogP contribution in [0.1, 0.15) is 24.3 Å². The van der Waals surface area contributed by atoms with Crippen LogP contribution in [0.4, 0.5) is 14.5 Å². The standard InChI is InChI=1S/C16H15F2NO/c17-12-3-1-2-10(6-12)11-7-14(8-11)19-13-4-5-16(20)15(18)9-13/h1-6,9,11,14,19-20H,7-8H2. The Balaban J connectivity index is 1.59. The molecule has 2 nitrogen and oxygen atoms in total. The Bertz CT molecular complexity index is 624. The number of rotatable bonds is 3. The van der Waals surface area contributed by atoms with Crippen molar-refractivity contribution in [1.82, 2.24) is 0 Å². The van der Waals surface area contributed by atoms with E-state index in [4.69, 9.17) is 5.11 Å². The lowest BCUT2D eigenvalue weighted by molar-refractivity contribution is 0.372. The lowest BCUT2D eigenvalue weighted by Gasteiger charge is -2.37. The van der Waals surface area contributed by atoms with E-state index in [2.05, 4.69) is 5.32 Å². The first kappa shape index (κ1) is 12.9. The normalized spacial score (nSPS) is 21.3. The van der Waals surface area contributed by atoms with Crippen molar-refractivity contribution < 1.29 is 13.9 Å². The molecule has 104 valence electrons. The first-order valence-electron chi connectivity index (χ1n) is 6.62. The van der Waals surface area contributed by atoms with Crippen LogP contribution in [0.2, 0.25) is 0 Å². The Morgan fingerprint density at radius 3 is 2.55 bits per heavy atom. The third-order valence-corrected chi connectivity index (χ3v) is 3.78. The zero-order chi connectivity index (χ0) is 14.1. The smallest absolute Gasteiger partial charge is 0.166 e. The van der Waals surface area contributed by atoms with Gasteiger partial charge in [0.25, 0.3) is 0 Å². The quantitative estimate of drug-likeness (QED) is 0.829. The van der Waals surface area contributed by atoms with Gasteiger partial charge in [0.15, 0.2) is 11.6 Å². The van der Waals surface area contributed by atoms with Crippen LogP contribution in [0.25, 0.3) is 0 Å². The van der Waals surface area contributed by atoms with E-state index in [9.17, 15) is 8.78 Å². The van der Waals surface area contributed by atoms with E-state index >= 15 is 0 Å². The number of phenols is 1. The average Bonchev–Trinajstić information content (AvgIpc) is 2.37. The van der Waals surface area contributed by atoms with Crippen LogP contribution < -0.4 is 5.32 Å². The highest BCUT2D eigenvalue weighted by atomic mass is 19.1. The summed E-state index contributed by atoms with van der Waals surface area (Å²) in [5.41, 5.74) is 1.67. The molecule has 2 aromatic carbocycles. The number of hydrogen-bond acceptors (Lipinski definition) is 2. The minimum atomic E-state index is -0.629. The molecule has 0 bridgehead atoms. The van der Waals surface area contributed by atoms with Gasteiger partial charge in [-0.05, 0) is 48.6 Å². The van der Waals surface area contributed by atoms with E-state index in [-0.39, 0.29) is 17.6 Å². The highest BCUT2D eigenvalue weighted by Gasteiger charge is 2.30. The number of halogens is 2. The molecular formula is C16H15F2NO. The SMILES string of the molecule is Oc1ccc(NC2CC(c3cccc(F)c3)C2)cc1F. The lowest BCUT2D eigenvalue weighted by Crippen LogP contribution is -2.34. The van der Waals surface area contributed by atoms with Crippen LogP contribution in [-0.2, 0) is 0 Å². The molecule has 0 atom stereocenters. The molecule has 0 saturated heterocycles. The molecule has 1 aliphatic rings. The Labute approximate surface area is 116 Å². The monoisotopic (exact) mass is 275 g/mol. The molecule has 2 aromatic rings. The van der Waals surface area contributed by atoms with Crippen molar-refractivity contribution >= 4 is 5.69 Å². The zero-order valence-electron chi connectivity index (χ0n) is 10.8. The predicted octanol–water partition coefficient (Wildman–Crippen LogP) is 4.03. The number of aromatic hydroxyl groups is 1. The maximum absolute atomic E-state index is 13.2. The summed E-state index contributed by atoms with van der Waals surface area (Å²) in [6, 6.07) is 11.2. The molecule has 0 spiro atoms. The van der Waals surface area contributed by atoms with Crippen LogP contribution in [0, 0.1) is 11.6 Å². The van der Waals surface area contributed by atoms with Crippen molar-refractivity contribution in [2.24, 2.45) is 0 Å². The second-order valence-electron chi connectivity index (χ2n) is 5.23. The van der Waals surface area contributed by atoms with E-state index < -0.39 is 5.82 Å². The van der Waals surface area contributed by atoms with Gasteiger partial charge >= 0.3 is 0 Å². The third-order valence-electron chi connectivity index (χ3n) is 3.78. The fourth-order valence-electron chi connectivity index (χ4n) is 2.60. The van der Waals surface area contributed by atoms with Crippen molar-refractivity contribution in [3.05, 3.63) is 59.7 Å². The minimum Gasteiger partial charge on any atom is -0.505 e. The summed E-state index contributed by atoms with van der Waals surface area (Å²) in [6.45, 7) is 0.